The molecule has 22 heavy (non-hydrogen) atoms. The summed E-state index contributed by atoms with van der Waals surface area (Å²) in [6.07, 6.45) is 0. The third-order valence-corrected chi connectivity index (χ3v) is 3.78. The van der Waals surface area contributed by atoms with Gasteiger partial charge in [-0.05, 0) is 12.1 Å². The van der Waals surface area contributed by atoms with Crippen LogP contribution >= 0.6 is 11.3 Å². The van der Waals surface area contributed by atoms with Crippen molar-refractivity contribution in [3.63, 3.8) is 0 Å². The number of hydrogen-bond acceptors (Lipinski definition) is 7. The molecule has 7 nitrogen and oxygen atoms in total. The number of rotatable bonds is 4. The fourth-order valence-corrected chi connectivity index (χ4v) is 2.71. The monoisotopic (exact) mass is 318 g/mol. The second kappa shape index (κ2) is 5.66. The number of hydroxylamine groups is 2. The smallest absolute Gasteiger partial charge is 0.378 e. The molecule has 2 amide bonds. The van der Waals surface area contributed by atoms with Crippen LogP contribution in [0, 0.1) is 0 Å². The lowest BCUT2D eigenvalue weighted by molar-refractivity contribution is -0.0588. The predicted molar refractivity (Wildman–Crippen MR) is 75.2 cm³/mol. The molecule has 0 N–H and O–H groups in total. The Morgan fingerprint density at radius 2 is 1.86 bits per heavy atom. The summed E-state index contributed by atoms with van der Waals surface area (Å²) in [5.41, 5.74) is 0.436. The molecular formula is C14H10N2O5S. The lowest BCUT2D eigenvalue weighted by atomic mass is 10.1. The molecule has 0 unspecified atom stereocenters. The van der Waals surface area contributed by atoms with Crippen LogP contribution in [0.3, 0.4) is 0 Å². The minimum absolute atomic E-state index is 0.0219. The molecule has 8 heteroatoms. The number of ether oxygens (including phenoxy) is 1. The second-order valence-corrected chi connectivity index (χ2v) is 5.33. The van der Waals surface area contributed by atoms with Gasteiger partial charge in [-0.3, -0.25) is 9.59 Å². The molecule has 2 aromatic rings. The van der Waals surface area contributed by atoms with E-state index in [1.54, 1.807) is 12.1 Å². The van der Waals surface area contributed by atoms with E-state index in [2.05, 4.69) is 4.98 Å². The number of hydrogen-bond donors (Lipinski definition) is 0. The lowest BCUT2D eigenvalue weighted by Crippen LogP contribution is -2.32. The van der Waals surface area contributed by atoms with Gasteiger partial charge in [0.25, 0.3) is 11.8 Å². The Kier molecular flexibility index (Phi) is 3.70. The Bertz CT molecular complexity index is 735. The molecule has 1 aliphatic heterocycles. The van der Waals surface area contributed by atoms with Crippen molar-refractivity contribution >= 4 is 29.1 Å². The van der Waals surface area contributed by atoms with Gasteiger partial charge in [-0.25, -0.2) is 9.78 Å². The molecule has 0 saturated heterocycles. The maximum atomic E-state index is 12.1. The maximum Gasteiger partial charge on any atom is 0.383 e. The molecule has 1 aromatic heterocycles. The van der Waals surface area contributed by atoms with Crippen LogP contribution < -0.4 is 0 Å². The molecule has 0 radical (unpaired) electrons. The highest BCUT2D eigenvalue weighted by molar-refractivity contribution is 7.09. The standard InChI is InChI=1S/C14H10N2O5S/c1-20-6-11-15-10(7-22-11)14(19)21-16-12(17)8-4-2-3-5-9(8)13(16)18/h2-5,7H,6H2,1H3. The van der Waals surface area contributed by atoms with Crippen LogP contribution in [0.5, 0.6) is 0 Å². The normalized spacial score (nSPS) is 13.4. The number of amides is 2. The molecule has 0 aliphatic carbocycles. The van der Waals surface area contributed by atoms with Gasteiger partial charge < -0.3 is 9.57 Å². The number of carbonyl (C=O) groups excluding carboxylic acids is 3. The van der Waals surface area contributed by atoms with Gasteiger partial charge in [-0.1, -0.05) is 17.2 Å². The quantitative estimate of drug-likeness (QED) is 0.797. The van der Waals surface area contributed by atoms with Crippen molar-refractivity contribution in [2.45, 2.75) is 6.61 Å². The van der Waals surface area contributed by atoms with E-state index in [9.17, 15) is 14.4 Å². The number of carbonyl (C=O) groups is 3. The third kappa shape index (κ3) is 2.38. The minimum atomic E-state index is -0.867. The Balaban J connectivity index is 1.77. The molecule has 3 rings (SSSR count). The summed E-state index contributed by atoms with van der Waals surface area (Å²) in [7, 11) is 1.51. The SMILES string of the molecule is COCc1nc(C(=O)ON2C(=O)c3ccccc3C2=O)cs1. The molecule has 0 spiro atoms. The molecule has 1 aliphatic rings. The Morgan fingerprint density at radius 3 is 2.45 bits per heavy atom. The van der Waals surface area contributed by atoms with Gasteiger partial charge >= 0.3 is 5.97 Å². The Labute approximate surface area is 129 Å². The van der Waals surface area contributed by atoms with Crippen LogP contribution in [0.4, 0.5) is 0 Å². The van der Waals surface area contributed by atoms with E-state index in [1.807, 2.05) is 0 Å². The highest BCUT2D eigenvalue weighted by Crippen LogP contribution is 2.23. The number of thiazole rings is 1. The molecule has 0 atom stereocenters. The number of methoxy groups -OCH3 is 1. The summed E-state index contributed by atoms with van der Waals surface area (Å²) in [6.45, 7) is 0.269. The van der Waals surface area contributed by atoms with E-state index in [-0.39, 0.29) is 23.4 Å². The average molecular weight is 318 g/mol. The predicted octanol–water partition coefficient (Wildman–Crippen LogP) is 1.66. The number of benzene rings is 1. The van der Waals surface area contributed by atoms with Gasteiger partial charge in [0.05, 0.1) is 17.7 Å². The van der Waals surface area contributed by atoms with Gasteiger partial charge in [-0.15, -0.1) is 11.3 Å². The van der Waals surface area contributed by atoms with Crippen molar-refractivity contribution in [1.82, 2.24) is 10.0 Å². The summed E-state index contributed by atoms with van der Waals surface area (Å²) in [5.74, 6) is -2.20. The van der Waals surface area contributed by atoms with Crippen LogP contribution in [0.15, 0.2) is 29.6 Å². The summed E-state index contributed by atoms with van der Waals surface area (Å²) in [6, 6.07) is 6.27. The van der Waals surface area contributed by atoms with E-state index in [0.29, 0.717) is 10.1 Å². The Morgan fingerprint density at radius 1 is 1.23 bits per heavy atom. The number of fused-ring (bicyclic) bond motifs is 1. The molecule has 112 valence electrons. The van der Waals surface area contributed by atoms with E-state index in [1.165, 1.54) is 36.0 Å². The van der Waals surface area contributed by atoms with Crippen molar-refractivity contribution in [3.05, 3.63) is 51.5 Å². The fraction of sp³-hybridized carbons (Fsp3) is 0.143. The van der Waals surface area contributed by atoms with Crippen LogP contribution in [0.1, 0.15) is 36.2 Å². The number of nitrogens with zero attached hydrogens (tertiary/aromatic N) is 2. The zero-order valence-electron chi connectivity index (χ0n) is 11.4. The summed E-state index contributed by atoms with van der Waals surface area (Å²) in [4.78, 5) is 45.0. The molecule has 0 bridgehead atoms. The highest BCUT2D eigenvalue weighted by atomic mass is 32.1. The minimum Gasteiger partial charge on any atom is -0.378 e. The van der Waals surface area contributed by atoms with Crippen molar-refractivity contribution in [2.24, 2.45) is 0 Å². The van der Waals surface area contributed by atoms with Gasteiger partial charge in [0, 0.05) is 12.5 Å². The summed E-state index contributed by atoms with van der Waals surface area (Å²) >= 11 is 1.22. The van der Waals surface area contributed by atoms with Crippen LogP contribution in [-0.2, 0) is 16.2 Å². The second-order valence-electron chi connectivity index (χ2n) is 4.39. The largest absolute Gasteiger partial charge is 0.383 e. The first kappa shape index (κ1) is 14.4. The molecule has 0 saturated carbocycles. The fourth-order valence-electron chi connectivity index (χ4n) is 1.97. The van der Waals surface area contributed by atoms with Gasteiger partial charge in [0.2, 0.25) is 0 Å². The van der Waals surface area contributed by atoms with Crippen molar-refractivity contribution in [1.29, 1.82) is 0 Å². The van der Waals surface area contributed by atoms with Gasteiger partial charge in [-0.2, -0.15) is 0 Å². The molecule has 2 heterocycles. The van der Waals surface area contributed by atoms with Crippen LogP contribution in [0.25, 0.3) is 0 Å². The zero-order valence-corrected chi connectivity index (χ0v) is 12.3. The lowest BCUT2D eigenvalue weighted by Gasteiger charge is -2.11. The highest BCUT2D eigenvalue weighted by Gasteiger charge is 2.39. The van der Waals surface area contributed by atoms with Crippen LogP contribution in [0.2, 0.25) is 0 Å². The molecule has 1 aromatic carbocycles. The number of imide groups is 1. The zero-order chi connectivity index (χ0) is 15.7. The van der Waals surface area contributed by atoms with E-state index in [4.69, 9.17) is 9.57 Å². The van der Waals surface area contributed by atoms with Crippen LogP contribution in [-0.4, -0.2) is 34.9 Å². The number of aromatic nitrogens is 1. The average Bonchev–Trinajstić information content (AvgIpc) is 3.08. The third-order valence-electron chi connectivity index (χ3n) is 2.96. The summed E-state index contributed by atoms with van der Waals surface area (Å²) in [5, 5.41) is 2.54. The topological polar surface area (TPSA) is 85.8 Å². The van der Waals surface area contributed by atoms with Crippen molar-refractivity contribution in [2.75, 3.05) is 7.11 Å². The van der Waals surface area contributed by atoms with Gasteiger partial charge in [0.1, 0.15) is 5.01 Å². The maximum absolute atomic E-state index is 12.1. The molecular weight excluding hydrogens is 308 g/mol. The van der Waals surface area contributed by atoms with E-state index in [0.717, 1.165) is 0 Å². The Hall–Kier alpha value is -2.58. The molecule has 0 fully saturated rings. The van der Waals surface area contributed by atoms with Crippen molar-refractivity contribution in [3.8, 4) is 0 Å². The first-order chi connectivity index (χ1) is 10.6. The summed E-state index contributed by atoms with van der Waals surface area (Å²) < 4.78 is 4.91. The first-order valence-electron chi connectivity index (χ1n) is 6.25. The van der Waals surface area contributed by atoms with Gasteiger partial charge in [0.15, 0.2) is 5.69 Å². The van der Waals surface area contributed by atoms with E-state index >= 15 is 0 Å². The van der Waals surface area contributed by atoms with Crippen molar-refractivity contribution < 1.29 is 24.0 Å². The first-order valence-corrected chi connectivity index (χ1v) is 7.13. The van der Waals surface area contributed by atoms with E-state index < -0.39 is 17.8 Å².